The molecule has 1 aromatic rings. The molecular weight excluding hydrogens is 316 g/mol. The van der Waals surface area contributed by atoms with E-state index in [0.717, 1.165) is 24.2 Å². The molecule has 0 saturated carbocycles. The molecule has 0 spiro atoms. The first-order valence-electron chi connectivity index (χ1n) is 7.37. The molecule has 112 valence electrons. The number of nitrogens with one attached hydrogen (secondary N) is 1. The van der Waals surface area contributed by atoms with E-state index in [-0.39, 0.29) is 0 Å². The van der Waals surface area contributed by atoms with Crippen LogP contribution in [0.5, 0.6) is 0 Å². The molecule has 1 fully saturated rings. The molecule has 20 heavy (non-hydrogen) atoms. The number of benzene rings is 1. The highest BCUT2D eigenvalue weighted by molar-refractivity contribution is 9.10. The van der Waals surface area contributed by atoms with Gasteiger partial charge in [-0.05, 0) is 50.4 Å². The average Bonchev–Trinajstić information content (AvgIpc) is 2.47. The van der Waals surface area contributed by atoms with Crippen LogP contribution in [0.3, 0.4) is 0 Å². The van der Waals surface area contributed by atoms with E-state index >= 15 is 0 Å². The Labute approximate surface area is 130 Å². The lowest BCUT2D eigenvalue weighted by atomic mass is 10.00. The molecule has 3 nitrogen and oxygen atoms in total. The number of ether oxygens (including phenoxy) is 1. The van der Waals surface area contributed by atoms with Gasteiger partial charge in [-0.25, -0.2) is 0 Å². The molecule has 0 radical (unpaired) electrons. The summed E-state index contributed by atoms with van der Waals surface area (Å²) in [6.07, 6.45) is 2.46. The Balaban J connectivity index is 2.14. The van der Waals surface area contributed by atoms with E-state index < -0.39 is 0 Å². The van der Waals surface area contributed by atoms with Gasteiger partial charge in [-0.3, -0.25) is 0 Å². The quantitative estimate of drug-likeness (QED) is 0.886. The van der Waals surface area contributed by atoms with E-state index in [9.17, 15) is 0 Å². The minimum absolute atomic E-state index is 0.350. The molecular formula is C16H25BrN2O. The van der Waals surface area contributed by atoms with Crippen molar-refractivity contribution >= 4 is 21.6 Å². The van der Waals surface area contributed by atoms with Crippen LogP contribution in [-0.4, -0.2) is 33.9 Å². The van der Waals surface area contributed by atoms with Crippen LogP contribution in [0.1, 0.15) is 31.4 Å². The summed E-state index contributed by atoms with van der Waals surface area (Å²) in [5.41, 5.74) is 2.64. The molecule has 2 unspecified atom stereocenters. The monoisotopic (exact) mass is 340 g/mol. The van der Waals surface area contributed by atoms with Crippen molar-refractivity contribution in [3.63, 3.8) is 0 Å². The SMILES string of the molecule is CNC(C)c1ccc(Br)cc1N(C)CC1CCCOC1. The molecule has 1 saturated heterocycles. The Bertz CT molecular complexity index is 432. The summed E-state index contributed by atoms with van der Waals surface area (Å²) in [6, 6.07) is 6.88. The summed E-state index contributed by atoms with van der Waals surface area (Å²) >= 11 is 3.59. The minimum Gasteiger partial charge on any atom is -0.381 e. The van der Waals surface area contributed by atoms with Gasteiger partial charge in [-0.2, -0.15) is 0 Å². The van der Waals surface area contributed by atoms with Crippen LogP contribution in [0.25, 0.3) is 0 Å². The summed E-state index contributed by atoms with van der Waals surface area (Å²) in [5.74, 6) is 0.644. The van der Waals surface area contributed by atoms with Crippen LogP contribution in [0.2, 0.25) is 0 Å². The average molecular weight is 341 g/mol. The lowest BCUT2D eigenvalue weighted by molar-refractivity contribution is 0.0576. The van der Waals surface area contributed by atoms with Gasteiger partial charge in [-0.1, -0.05) is 22.0 Å². The van der Waals surface area contributed by atoms with Crippen molar-refractivity contribution in [1.29, 1.82) is 0 Å². The topological polar surface area (TPSA) is 24.5 Å². The standard InChI is InChI=1S/C16H25BrN2O/c1-12(18-2)15-7-6-14(17)9-16(15)19(3)10-13-5-4-8-20-11-13/h6-7,9,12-13,18H,4-5,8,10-11H2,1-3H3. The molecule has 2 rings (SSSR count). The Kier molecular flexibility index (Phi) is 5.87. The predicted octanol–water partition coefficient (Wildman–Crippen LogP) is 3.59. The molecule has 0 aromatic heterocycles. The second-order valence-corrected chi connectivity index (χ2v) is 6.59. The first kappa shape index (κ1) is 15.8. The summed E-state index contributed by atoms with van der Waals surface area (Å²) < 4.78 is 6.72. The Morgan fingerprint density at radius 2 is 2.30 bits per heavy atom. The highest BCUT2D eigenvalue weighted by Crippen LogP contribution is 2.30. The van der Waals surface area contributed by atoms with Gasteiger partial charge in [0, 0.05) is 36.4 Å². The first-order valence-corrected chi connectivity index (χ1v) is 8.16. The third-order valence-corrected chi connectivity index (χ3v) is 4.58. The molecule has 2 atom stereocenters. The van der Waals surface area contributed by atoms with Gasteiger partial charge in [0.05, 0.1) is 6.61 Å². The molecule has 1 aromatic carbocycles. The summed E-state index contributed by atoms with van der Waals surface area (Å²) in [6.45, 7) is 5.08. The lowest BCUT2D eigenvalue weighted by Gasteiger charge is -2.31. The predicted molar refractivity (Wildman–Crippen MR) is 88.4 cm³/mol. The van der Waals surface area contributed by atoms with Gasteiger partial charge >= 0.3 is 0 Å². The Morgan fingerprint density at radius 1 is 1.50 bits per heavy atom. The zero-order chi connectivity index (χ0) is 14.5. The number of anilines is 1. The number of hydrogen-bond donors (Lipinski definition) is 1. The van der Waals surface area contributed by atoms with Crippen molar-refractivity contribution in [2.24, 2.45) is 5.92 Å². The van der Waals surface area contributed by atoms with Gasteiger partial charge < -0.3 is 15.0 Å². The zero-order valence-electron chi connectivity index (χ0n) is 12.7. The molecule has 0 amide bonds. The molecule has 1 heterocycles. The summed E-state index contributed by atoms with van der Waals surface area (Å²) in [5, 5.41) is 3.33. The first-order chi connectivity index (χ1) is 9.61. The van der Waals surface area contributed by atoms with Gasteiger partial charge in [0.25, 0.3) is 0 Å². The van der Waals surface area contributed by atoms with Crippen LogP contribution in [0.4, 0.5) is 5.69 Å². The minimum atomic E-state index is 0.350. The van der Waals surface area contributed by atoms with Crippen molar-refractivity contribution in [2.75, 3.05) is 38.8 Å². The largest absolute Gasteiger partial charge is 0.381 e. The number of rotatable bonds is 5. The van der Waals surface area contributed by atoms with Crippen LogP contribution in [0, 0.1) is 5.92 Å². The molecule has 4 heteroatoms. The van der Waals surface area contributed by atoms with Crippen LogP contribution in [0.15, 0.2) is 22.7 Å². The van der Waals surface area contributed by atoms with E-state index in [1.807, 2.05) is 7.05 Å². The lowest BCUT2D eigenvalue weighted by Crippen LogP contribution is -2.32. The molecule has 1 N–H and O–H groups in total. The van der Waals surface area contributed by atoms with Gasteiger partial charge in [-0.15, -0.1) is 0 Å². The third kappa shape index (κ3) is 3.96. The third-order valence-electron chi connectivity index (χ3n) is 4.09. The normalized spacial score (nSPS) is 20.7. The molecule has 0 bridgehead atoms. The molecule has 1 aliphatic rings. The van der Waals surface area contributed by atoms with Gasteiger partial charge in [0.1, 0.15) is 0 Å². The van der Waals surface area contributed by atoms with Crippen LogP contribution in [-0.2, 0) is 4.74 Å². The van der Waals surface area contributed by atoms with E-state index in [2.05, 4.69) is 58.3 Å². The van der Waals surface area contributed by atoms with Crippen LogP contribution < -0.4 is 10.2 Å². The zero-order valence-corrected chi connectivity index (χ0v) is 14.2. The fourth-order valence-electron chi connectivity index (χ4n) is 2.81. The van der Waals surface area contributed by atoms with E-state index in [1.165, 1.54) is 24.1 Å². The van der Waals surface area contributed by atoms with Gasteiger partial charge in [0.2, 0.25) is 0 Å². The summed E-state index contributed by atoms with van der Waals surface area (Å²) in [7, 11) is 4.19. The second kappa shape index (κ2) is 7.43. The van der Waals surface area contributed by atoms with Crippen LogP contribution >= 0.6 is 15.9 Å². The maximum atomic E-state index is 5.59. The van der Waals surface area contributed by atoms with Gasteiger partial charge in [0.15, 0.2) is 0 Å². The molecule has 0 aliphatic carbocycles. The Hall–Kier alpha value is -0.580. The van der Waals surface area contributed by atoms with Crippen molar-refractivity contribution in [2.45, 2.75) is 25.8 Å². The fraction of sp³-hybridized carbons (Fsp3) is 0.625. The van der Waals surface area contributed by atoms with Crippen molar-refractivity contribution in [1.82, 2.24) is 5.32 Å². The maximum Gasteiger partial charge on any atom is 0.0511 e. The highest BCUT2D eigenvalue weighted by Gasteiger charge is 2.19. The van der Waals surface area contributed by atoms with Crippen molar-refractivity contribution < 1.29 is 4.74 Å². The fourth-order valence-corrected chi connectivity index (χ4v) is 3.16. The number of hydrogen-bond acceptors (Lipinski definition) is 3. The van der Waals surface area contributed by atoms with E-state index in [4.69, 9.17) is 4.74 Å². The molecule has 1 aliphatic heterocycles. The number of nitrogens with zero attached hydrogens (tertiary/aromatic N) is 1. The maximum absolute atomic E-state index is 5.59. The van der Waals surface area contributed by atoms with Crippen molar-refractivity contribution in [3.8, 4) is 0 Å². The highest BCUT2D eigenvalue weighted by atomic mass is 79.9. The second-order valence-electron chi connectivity index (χ2n) is 5.68. The van der Waals surface area contributed by atoms with Crippen molar-refractivity contribution in [3.05, 3.63) is 28.2 Å². The number of halogens is 1. The smallest absolute Gasteiger partial charge is 0.0511 e. The summed E-state index contributed by atoms with van der Waals surface area (Å²) in [4.78, 5) is 2.37. The Morgan fingerprint density at radius 3 is 2.95 bits per heavy atom. The van der Waals surface area contributed by atoms with E-state index in [0.29, 0.717) is 12.0 Å². The van der Waals surface area contributed by atoms with E-state index in [1.54, 1.807) is 0 Å².